The first-order valence-electron chi connectivity index (χ1n) is 10.9. The number of amides is 2. The zero-order valence-corrected chi connectivity index (χ0v) is 19.6. The largest absolute Gasteiger partial charge is 0.325 e. The van der Waals surface area contributed by atoms with Crippen LogP contribution < -0.4 is 14.9 Å². The summed E-state index contributed by atoms with van der Waals surface area (Å²) >= 11 is 0. The van der Waals surface area contributed by atoms with Crippen LogP contribution >= 0.6 is 0 Å². The van der Waals surface area contributed by atoms with Crippen LogP contribution in [0.2, 0.25) is 0 Å². The average molecular weight is 500 g/mol. The average Bonchev–Trinajstić information content (AvgIpc) is 3.25. The third-order valence-corrected chi connectivity index (χ3v) is 7.19. The van der Waals surface area contributed by atoms with Gasteiger partial charge in [0.05, 0.1) is 4.90 Å². The number of sulfonamides is 1. The Morgan fingerprint density at radius 2 is 1.74 bits per heavy atom. The van der Waals surface area contributed by atoms with Gasteiger partial charge < -0.3 is 10.2 Å². The number of hydrogen-bond acceptors (Lipinski definition) is 4. The highest BCUT2D eigenvalue weighted by Crippen LogP contribution is 2.30. The van der Waals surface area contributed by atoms with Crippen molar-refractivity contribution in [1.29, 1.82) is 0 Å². The lowest BCUT2D eigenvalue weighted by Gasteiger charge is -2.20. The minimum Gasteiger partial charge on any atom is -0.325 e. The van der Waals surface area contributed by atoms with E-state index >= 15 is 0 Å². The number of anilines is 2. The summed E-state index contributed by atoms with van der Waals surface area (Å²) < 4.78 is 55.7. The summed E-state index contributed by atoms with van der Waals surface area (Å²) in [7, 11) is -4.14. The van der Waals surface area contributed by atoms with Crippen LogP contribution in [-0.4, -0.2) is 32.8 Å². The molecule has 4 rings (SSSR count). The van der Waals surface area contributed by atoms with Gasteiger partial charge in [-0.05, 0) is 54.3 Å². The van der Waals surface area contributed by atoms with E-state index in [1.807, 2.05) is 0 Å². The van der Waals surface area contributed by atoms with Crippen molar-refractivity contribution in [2.45, 2.75) is 30.7 Å². The fraction of sp³-hybridized carbons (Fsp3) is 0.200. The summed E-state index contributed by atoms with van der Waals surface area (Å²) in [5.74, 6) is -3.06. The van der Waals surface area contributed by atoms with Gasteiger partial charge in [-0.3, -0.25) is 9.59 Å². The van der Waals surface area contributed by atoms with Crippen LogP contribution in [-0.2, 0) is 32.5 Å². The predicted molar refractivity (Wildman–Crippen MR) is 127 cm³/mol. The highest BCUT2D eigenvalue weighted by atomic mass is 32.2. The molecule has 0 bridgehead atoms. The fourth-order valence-corrected chi connectivity index (χ4v) is 5.21. The van der Waals surface area contributed by atoms with Crippen LogP contribution in [0.15, 0.2) is 71.6 Å². The molecule has 10 heteroatoms. The Labute approximate surface area is 201 Å². The first-order valence-corrected chi connectivity index (χ1v) is 12.4. The molecule has 0 aromatic heterocycles. The van der Waals surface area contributed by atoms with Crippen molar-refractivity contribution in [1.82, 2.24) is 4.72 Å². The van der Waals surface area contributed by atoms with E-state index in [0.717, 1.165) is 12.1 Å². The molecule has 3 aromatic carbocycles. The van der Waals surface area contributed by atoms with Gasteiger partial charge >= 0.3 is 0 Å². The maximum Gasteiger partial charge on any atom is 0.242 e. The van der Waals surface area contributed by atoms with Crippen LogP contribution in [0.5, 0.6) is 0 Å². The predicted octanol–water partition coefficient (Wildman–Crippen LogP) is 3.40. The molecule has 0 aliphatic carbocycles. The molecule has 2 amide bonds. The second kappa shape index (κ2) is 9.93. The van der Waals surface area contributed by atoms with Crippen LogP contribution in [0.3, 0.4) is 0 Å². The molecule has 0 saturated carbocycles. The Morgan fingerprint density at radius 1 is 1.00 bits per heavy atom. The number of carbonyl (C=O) groups is 2. The summed E-state index contributed by atoms with van der Waals surface area (Å²) in [5, 5.41) is 2.45. The Bertz CT molecular complexity index is 1380. The molecule has 0 unspecified atom stereocenters. The zero-order valence-electron chi connectivity index (χ0n) is 18.8. The van der Waals surface area contributed by atoms with Crippen LogP contribution in [0, 0.1) is 11.6 Å². The fourth-order valence-electron chi connectivity index (χ4n) is 3.97. The van der Waals surface area contributed by atoms with Crippen molar-refractivity contribution in [3.05, 3.63) is 89.5 Å². The van der Waals surface area contributed by atoms with Gasteiger partial charge in [-0.2, -0.15) is 4.72 Å². The Balaban J connectivity index is 1.60. The van der Waals surface area contributed by atoms with Crippen molar-refractivity contribution in [3.63, 3.8) is 0 Å². The molecule has 0 spiro atoms. The van der Waals surface area contributed by atoms with E-state index in [2.05, 4.69) is 10.0 Å². The molecule has 0 radical (unpaired) electrons. The van der Waals surface area contributed by atoms with Crippen LogP contribution in [0.25, 0.3) is 0 Å². The highest BCUT2D eigenvalue weighted by molar-refractivity contribution is 7.89. The second-order valence-electron chi connectivity index (χ2n) is 8.19. The number of benzene rings is 3. The topological polar surface area (TPSA) is 95.6 Å². The van der Waals surface area contributed by atoms with Gasteiger partial charge in [0, 0.05) is 30.9 Å². The molecule has 182 valence electrons. The SMILES string of the molecule is CC(=O)N1CCc2cc(S(=O)(=O)N[C@@H](Cc3ccccc3)C(=O)Nc3ccc(F)c(F)c3)ccc21. The van der Waals surface area contributed by atoms with Crippen molar-refractivity contribution < 1.29 is 26.8 Å². The normalized spacial score (nSPS) is 13.9. The molecular weight excluding hydrogens is 476 g/mol. The maximum absolute atomic E-state index is 13.6. The molecule has 0 fully saturated rings. The van der Waals surface area contributed by atoms with Crippen molar-refractivity contribution in [2.24, 2.45) is 0 Å². The van der Waals surface area contributed by atoms with Crippen LogP contribution in [0.4, 0.5) is 20.2 Å². The quantitative estimate of drug-likeness (QED) is 0.521. The molecular formula is C25H23F2N3O4S. The molecule has 1 aliphatic heterocycles. The van der Waals surface area contributed by atoms with E-state index in [0.29, 0.717) is 29.8 Å². The van der Waals surface area contributed by atoms with Gasteiger partial charge in [0.15, 0.2) is 11.6 Å². The van der Waals surface area contributed by atoms with Gasteiger partial charge in [-0.15, -0.1) is 0 Å². The monoisotopic (exact) mass is 499 g/mol. The summed E-state index contributed by atoms with van der Waals surface area (Å²) in [6.45, 7) is 1.91. The highest BCUT2D eigenvalue weighted by Gasteiger charge is 2.29. The molecule has 2 N–H and O–H groups in total. The Morgan fingerprint density at radius 3 is 2.43 bits per heavy atom. The smallest absolute Gasteiger partial charge is 0.242 e. The number of halogens is 2. The van der Waals surface area contributed by atoms with Crippen molar-refractivity contribution in [2.75, 3.05) is 16.8 Å². The van der Waals surface area contributed by atoms with Gasteiger partial charge in [0.25, 0.3) is 0 Å². The maximum atomic E-state index is 13.6. The van der Waals surface area contributed by atoms with E-state index < -0.39 is 33.6 Å². The Hall–Kier alpha value is -3.63. The minimum atomic E-state index is -4.14. The van der Waals surface area contributed by atoms with E-state index in [9.17, 15) is 26.8 Å². The first-order chi connectivity index (χ1) is 16.6. The molecule has 3 aromatic rings. The lowest BCUT2D eigenvalue weighted by Crippen LogP contribution is -2.45. The van der Waals surface area contributed by atoms with E-state index in [1.165, 1.54) is 25.1 Å². The first kappa shape index (κ1) is 24.5. The minimum absolute atomic E-state index is 0.00647. The van der Waals surface area contributed by atoms with Crippen LogP contribution in [0.1, 0.15) is 18.1 Å². The third kappa shape index (κ3) is 5.55. The molecule has 7 nitrogen and oxygen atoms in total. The Kier molecular flexibility index (Phi) is 6.95. The zero-order chi connectivity index (χ0) is 25.2. The van der Waals surface area contributed by atoms with Crippen molar-refractivity contribution >= 4 is 33.2 Å². The molecule has 35 heavy (non-hydrogen) atoms. The number of carbonyl (C=O) groups excluding carboxylic acids is 2. The third-order valence-electron chi connectivity index (χ3n) is 5.72. The number of fused-ring (bicyclic) bond motifs is 1. The summed E-state index contributed by atoms with van der Waals surface area (Å²) in [6.07, 6.45) is 0.543. The second-order valence-corrected chi connectivity index (χ2v) is 9.91. The molecule has 0 saturated heterocycles. The molecule has 1 atom stereocenters. The van der Waals surface area contributed by atoms with E-state index in [4.69, 9.17) is 0 Å². The molecule has 1 aliphatic rings. The number of hydrogen-bond donors (Lipinski definition) is 2. The lowest BCUT2D eigenvalue weighted by atomic mass is 10.1. The number of nitrogens with one attached hydrogen (secondary N) is 2. The van der Waals surface area contributed by atoms with Gasteiger partial charge in [-0.1, -0.05) is 30.3 Å². The number of rotatable bonds is 7. The van der Waals surface area contributed by atoms with Crippen molar-refractivity contribution in [3.8, 4) is 0 Å². The van der Waals surface area contributed by atoms with Gasteiger partial charge in [0.1, 0.15) is 6.04 Å². The lowest BCUT2D eigenvalue weighted by molar-refractivity contribution is -0.118. The summed E-state index contributed by atoms with van der Waals surface area (Å²) in [4.78, 5) is 26.3. The van der Waals surface area contributed by atoms with Gasteiger partial charge in [0.2, 0.25) is 21.8 Å². The van der Waals surface area contributed by atoms with E-state index in [-0.39, 0.29) is 22.9 Å². The summed E-state index contributed by atoms with van der Waals surface area (Å²) in [6, 6.07) is 14.9. The summed E-state index contributed by atoms with van der Waals surface area (Å²) in [5.41, 5.74) is 2.07. The van der Waals surface area contributed by atoms with Gasteiger partial charge in [-0.25, -0.2) is 17.2 Å². The number of nitrogens with zero attached hydrogens (tertiary/aromatic N) is 1. The molecule has 1 heterocycles. The van der Waals surface area contributed by atoms with E-state index in [1.54, 1.807) is 41.3 Å². The standard InChI is InChI=1S/C25H23F2N3O4S/c1-16(31)30-12-11-18-14-20(8-10-24(18)30)35(33,34)29-23(13-17-5-3-2-4-6-17)25(32)28-19-7-9-21(26)22(27)15-19/h2-10,14-15,23,29H,11-13H2,1H3,(H,28,32)/t23-/m0/s1.